The summed E-state index contributed by atoms with van der Waals surface area (Å²) in [7, 11) is 0. The SMILES string of the molecule is CC(C)(C)OC(=O)N(C(=O)I)C1(CC(=O)O)CCC1. The number of rotatable bonds is 3. The van der Waals surface area contributed by atoms with Crippen LogP contribution in [0.25, 0.3) is 0 Å². The molecule has 0 aromatic rings. The zero-order chi connectivity index (χ0) is 14.8. The molecule has 0 aliphatic heterocycles. The van der Waals surface area contributed by atoms with Crippen molar-refractivity contribution in [3.63, 3.8) is 0 Å². The summed E-state index contributed by atoms with van der Waals surface area (Å²) >= 11 is 1.49. The van der Waals surface area contributed by atoms with Gasteiger partial charge in [-0.25, -0.2) is 9.69 Å². The highest BCUT2D eigenvalue weighted by Gasteiger charge is 2.50. The predicted octanol–water partition coefficient (Wildman–Crippen LogP) is 3.18. The van der Waals surface area contributed by atoms with Crippen molar-refractivity contribution < 1.29 is 24.2 Å². The molecule has 0 bridgehead atoms. The smallest absolute Gasteiger partial charge is 0.418 e. The second-order valence-electron chi connectivity index (χ2n) is 5.72. The molecule has 1 rings (SSSR count). The maximum Gasteiger partial charge on any atom is 0.418 e. The van der Waals surface area contributed by atoms with Crippen molar-refractivity contribution in [2.45, 2.75) is 57.6 Å². The van der Waals surface area contributed by atoms with E-state index in [1.165, 1.54) is 22.6 Å². The van der Waals surface area contributed by atoms with Crippen LogP contribution in [0, 0.1) is 0 Å². The molecule has 1 saturated carbocycles. The van der Waals surface area contributed by atoms with Gasteiger partial charge in [-0.15, -0.1) is 0 Å². The number of carbonyl (C=O) groups excluding carboxylic acids is 2. The average Bonchev–Trinajstić information content (AvgIpc) is 2.09. The zero-order valence-electron chi connectivity index (χ0n) is 11.2. The van der Waals surface area contributed by atoms with E-state index in [0.717, 1.165) is 11.3 Å². The van der Waals surface area contributed by atoms with Gasteiger partial charge in [0.15, 0.2) is 0 Å². The first-order chi connectivity index (χ1) is 8.57. The van der Waals surface area contributed by atoms with Gasteiger partial charge in [-0.1, -0.05) is 0 Å². The summed E-state index contributed by atoms with van der Waals surface area (Å²) < 4.78 is 4.69. The number of imide groups is 1. The molecule has 0 saturated heterocycles. The van der Waals surface area contributed by atoms with Gasteiger partial charge in [-0.05, 0) is 40.0 Å². The maximum atomic E-state index is 12.1. The summed E-state index contributed by atoms with van der Waals surface area (Å²) in [6, 6.07) is 0. The van der Waals surface area contributed by atoms with Crippen LogP contribution in [0.2, 0.25) is 0 Å². The molecule has 0 unspecified atom stereocenters. The van der Waals surface area contributed by atoms with Gasteiger partial charge < -0.3 is 9.84 Å². The first-order valence-corrected chi connectivity index (χ1v) is 7.10. The number of hydrogen-bond acceptors (Lipinski definition) is 4. The van der Waals surface area contributed by atoms with E-state index in [4.69, 9.17) is 9.84 Å². The van der Waals surface area contributed by atoms with Crippen molar-refractivity contribution in [1.29, 1.82) is 0 Å². The lowest BCUT2D eigenvalue weighted by Gasteiger charge is -2.47. The van der Waals surface area contributed by atoms with E-state index in [1.807, 2.05) is 0 Å². The van der Waals surface area contributed by atoms with Gasteiger partial charge in [0.1, 0.15) is 5.60 Å². The summed E-state index contributed by atoms with van der Waals surface area (Å²) in [5.41, 5.74) is -1.65. The molecule has 1 N–H and O–H groups in total. The standard InChI is InChI=1S/C12H18INO5/c1-11(2,3)19-10(18)14(9(13)17)12(5-4-6-12)7-8(15)16/h4-7H2,1-3H3,(H,15,16). The fraction of sp³-hybridized carbons (Fsp3) is 0.750. The fourth-order valence-electron chi connectivity index (χ4n) is 2.11. The number of aliphatic carboxylic acids is 1. The first kappa shape index (κ1) is 16.2. The minimum atomic E-state index is -1.02. The highest BCUT2D eigenvalue weighted by molar-refractivity contribution is 14.1. The highest BCUT2D eigenvalue weighted by Crippen LogP contribution is 2.42. The van der Waals surface area contributed by atoms with E-state index in [1.54, 1.807) is 20.8 Å². The number of hydrogen-bond donors (Lipinski definition) is 1. The predicted molar refractivity (Wildman–Crippen MR) is 76.3 cm³/mol. The van der Waals surface area contributed by atoms with E-state index in [0.29, 0.717) is 12.8 Å². The van der Waals surface area contributed by atoms with Crippen LogP contribution in [0.4, 0.5) is 9.59 Å². The minimum Gasteiger partial charge on any atom is -0.481 e. The Kier molecular flexibility index (Phi) is 4.81. The summed E-state index contributed by atoms with van der Waals surface area (Å²) in [5, 5.41) is 8.97. The van der Waals surface area contributed by atoms with E-state index >= 15 is 0 Å². The van der Waals surface area contributed by atoms with Crippen molar-refractivity contribution in [3.8, 4) is 0 Å². The molecule has 0 atom stereocenters. The molecule has 0 heterocycles. The van der Waals surface area contributed by atoms with Gasteiger partial charge in [-0.2, -0.15) is 0 Å². The van der Waals surface area contributed by atoms with Crippen LogP contribution < -0.4 is 0 Å². The van der Waals surface area contributed by atoms with Gasteiger partial charge >= 0.3 is 12.1 Å². The lowest BCUT2D eigenvalue weighted by molar-refractivity contribution is -0.141. The molecule has 7 heteroatoms. The number of amides is 2. The van der Waals surface area contributed by atoms with E-state index in [-0.39, 0.29) is 6.42 Å². The molecule has 19 heavy (non-hydrogen) atoms. The number of ether oxygens (including phenoxy) is 1. The Bertz CT molecular complexity index is 397. The molecule has 0 aromatic heterocycles. The summed E-state index contributed by atoms with van der Waals surface area (Å²) in [6.45, 7) is 5.10. The molecule has 1 aliphatic carbocycles. The third kappa shape index (κ3) is 4.05. The van der Waals surface area contributed by atoms with Crippen molar-refractivity contribution in [3.05, 3.63) is 0 Å². The van der Waals surface area contributed by atoms with Gasteiger partial charge in [0.25, 0.3) is 3.91 Å². The van der Waals surface area contributed by atoms with Crippen molar-refractivity contribution >= 4 is 38.6 Å². The molecule has 108 valence electrons. The van der Waals surface area contributed by atoms with Crippen LogP contribution in [-0.2, 0) is 9.53 Å². The van der Waals surface area contributed by atoms with Crippen LogP contribution in [-0.4, -0.2) is 37.1 Å². The Hall–Kier alpha value is -0.860. The van der Waals surface area contributed by atoms with Gasteiger partial charge in [0.2, 0.25) is 0 Å². The van der Waals surface area contributed by atoms with E-state index < -0.39 is 27.1 Å². The van der Waals surface area contributed by atoms with Crippen LogP contribution >= 0.6 is 22.6 Å². The number of carbonyl (C=O) groups is 3. The Balaban J connectivity index is 2.96. The molecule has 0 spiro atoms. The van der Waals surface area contributed by atoms with E-state index in [9.17, 15) is 14.4 Å². The average molecular weight is 383 g/mol. The maximum absolute atomic E-state index is 12.1. The van der Waals surface area contributed by atoms with Gasteiger partial charge in [0, 0.05) is 22.6 Å². The molecule has 6 nitrogen and oxygen atoms in total. The molecule has 0 aromatic carbocycles. The largest absolute Gasteiger partial charge is 0.481 e. The Morgan fingerprint density at radius 1 is 1.32 bits per heavy atom. The summed E-state index contributed by atoms with van der Waals surface area (Å²) in [6.07, 6.45) is 0.811. The Morgan fingerprint density at radius 3 is 2.11 bits per heavy atom. The number of nitrogens with zero attached hydrogens (tertiary/aromatic N) is 1. The monoisotopic (exact) mass is 383 g/mol. The van der Waals surface area contributed by atoms with Crippen molar-refractivity contribution in [2.24, 2.45) is 0 Å². The lowest BCUT2D eigenvalue weighted by atomic mass is 9.73. The summed E-state index contributed by atoms with van der Waals surface area (Å²) in [4.78, 5) is 35.7. The fourth-order valence-corrected chi connectivity index (χ4v) is 2.81. The molecule has 1 fully saturated rings. The first-order valence-electron chi connectivity index (χ1n) is 6.02. The van der Waals surface area contributed by atoms with Crippen LogP contribution in [0.3, 0.4) is 0 Å². The number of carboxylic acids is 1. The highest BCUT2D eigenvalue weighted by atomic mass is 127. The normalized spacial score (nSPS) is 17.3. The van der Waals surface area contributed by atoms with E-state index in [2.05, 4.69) is 0 Å². The zero-order valence-corrected chi connectivity index (χ0v) is 13.4. The number of carboxylic acid groups (broad SMARTS) is 1. The second kappa shape index (κ2) is 5.64. The third-order valence-corrected chi connectivity index (χ3v) is 3.47. The number of halogens is 1. The summed E-state index contributed by atoms with van der Waals surface area (Å²) in [5.74, 6) is -1.02. The van der Waals surface area contributed by atoms with Crippen LogP contribution in [0.5, 0.6) is 0 Å². The second-order valence-corrected chi connectivity index (χ2v) is 6.64. The molecule has 0 radical (unpaired) electrons. The van der Waals surface area contributed by atoms with Gasteiger partial charge in [-0.3, -0.25) is 9.59 Å². The topological polar surface area (TPSA) is 83.9 Å². The lowest BCUT2D eigenvalue weighted by Crippen LogP contribution is -2.59. The Morgan fingerprint density at radius 2 is 1.84 bits per heavy atom. The quantitative estimate of drug-likeness (QED) is 0.460. The van der Waals surface area contributed by atoms with Crippen LogP contribution in [0.15, 0.2) is 0 Å². The molecular formula is C12H18INO5. The van der Waals surface area contributed by atoms with Crippen molar-refractivity contribution in [2.75, 3.05) is 0 Å². The van der Waals surface area contributed by atoms with Crippen LogP contribution in [0.1, 0.15) is 46.5 Å². The molecule has 2 amide bonds. The van der Waals surface area contributed by atoms with Crippen molar-refractivity contribution in [1.82, 2.24) is 4.90 Å². The molecule has 1 aliphatic rings. The molecular weight excluding hydrogens is 365 g/mol. The Labute approximate surface area is 125 Å². The van der Waals surface area contributed by atoms with Gasteiger partial charge in [0.05, 0.1) is 12.0 Å². The third-order valence-electron chi connectivity index (χ3n) is 2.99. The minimum absolute atomic E-state index is 0.235.